The van der Waals surface area contributed by atoms with Crippen LogP contribution in [0.3, 0.4) is 0 Å². The Hall–Kier alpha value is -3.30. The van der Waals surface area contributed by atoms with Crippen LogP contribution in [0.25, 0.3) is 6.08 Å². The van der Waals surface area contributed by atoms with Crippen LogP contribution in [-0.4, -0.2) is 39.2 Å². The third-order valence-electron chi connectivity index (χ3n) is 4.52. The van der Waals surface area contributed by atoms with Crippen molar-refractivity contribution in [3.05, 3.63) is 71.1 Å². The number of unbranched alkanes of at least 4 members (excludes halogenated alkanes) is 2. The predicted molar refractivity (Wildman–Crippen MR) is 127 cm³/mol. The molecule has 0 aliphatic rings. The van der Waals surface area contributed by atoms with Crippen LogP contribution in [0.4, 0.5) is 5.69 Å². The van der Waals surface area contributed by atoms with Crippen molar-refractivity contribution in [2.75, 3.05) is 18.5 Å². The van der Waals surface area contributed by atoms with E-state index >= 15 is 0 Å². The summed E-state index contributed by atoms with van der Waals surface area (Å²) in [6, 6.07) is 15.1. The number of ketones is 1. The summed E-state index contributed by atoms with van der Waals surface area (Å²) in [4.78, 5) is 35.9. The molecule has 2 aromatic carbocycles. The number of rotatable bonds is 13. The molecule has 0 aromatic heterocycles. The van der Waals surface area contributed by atoms with Crippen LogP contribution >= 0.6 is 0 Å². The number of amides is 1. The summed E-state index contributed by atoms with van der Waals surface area (Å²) in [5.74, 6) is -1.41. The Morgan fingerprint density at radius 1 is 0.970 bits per heavy atom. The van der Waals surface area contributed by atoms with E-state index in [0.717, 1.165) is 24.7 Å². The van der Waals surface area contributed by atoms with Gasteiger partial charge in [-0.25, -0.2) is 13.1 Å². The second-order valence-corrected chi connectivity index (χ2v) is 8.90. The highest BCUT2D eigenvalue weighted by Crippen LogP contribution is 2.12. The zero-order valence-electron chi connectivity index (χ0n) is 18.5. The van der Waals surface area contributed by atoms with Crippen molar-refractivity contribution >= 4 is 39.4 Å². The maximum atomic E-state index is 12.2. The lowest BCUT2D eigenvalue weighted by Gasteiger charge is -2.07. The number of hydrogen-bond acceptors (Lipinski definition) is 6. The van der Waals surface area contributed by atoms with Gasteiger partial charge in [0, 0.05) is 23.1 Å². The van der Waals surface area contributed by atoms with E-state index in [9.17, 15) is 22.8 Å². The lowest BCUT2D eigenvalue weighted by molar-refractivity contribution is -0.141. The normalized spacial score (nSPS) is 11.3. The molecular formula is C24H28N2O6S. The fourth-order valence-electron chi connectivity index (χ4n) is 2.72. The second kappa shape index (κ2) is 13.3. The van der Waals surface area contributed by atoms with Crippen LogP contribution in [0.2, 0.25) is 0 Å². The Morgan fingerprint density at radius 2 is 1.67 bits per heavy atom. The molecule has 176 valence electrons. The molecule has 0 atom stereocenters. The molecule has 0 aliphatic heterocycles. The first kappa shape index (κ1) is 26.0. The van der Waals surface area contributed by atoms with E-state index < -0.39 is 34.9 Å². The van der Waals surface area contributed by atoms with Gasteiger partial charge in [0.2, 0.25) is 15.9 Å². The van der Waals surface area contributed by atoms with E-state index in [0.29, 0.717) is 23.2 Å². The van der Waals surface area contributed by atoms with Crippen molar-refractivity contribution in [3.8, 4) is 0 Å². The molecule has 0 aliphatic carbocycles. The van der Waals surface area contributed by atoms with Crippen LogP contribution < -0.4 is 10.0 Å². The number of ether oxygens (including phenoxy) is 1. The maximum Gasteiger partial charge on any atom is 0.321 e. The van der Waals surface area contributed by atoms with Gasteiger partial charge in [-0.15, -0.1) is 0 Å². The van der Waals surface area contributed by atoms with Crippen LogP contribution in [0, 0.1) is 0 Å². The monoisotopic (exact) mass is 472 g/mol. The van der Waals surface area contributed by atoms with Gasteiger partial charge in [-0.2, -0.15) is 0 Å². The van der Waals surface area contributed by atoms with Gasteiger partial charge in [-0.3, -0.25) is 14.4 Å². The molecule has 8 nitrogen and oxygen atoms in total. The lowest BCUT2D eigenvalue weighted by atomic mass is 10.1. The average Bonchev–Trinajstić information content (AvgIpc) is 2.81. The Balaban J connectivity index is 1.75. The summed E-state index contributed by atoms with van der Waals surface area (Å²) in [5.41, 5.74) is 1.57. The summed E-state index contributed by atoms with van der Waals surface area (Å²) in [6.45, 7) is 0.939. The van der Waals surface area contributed by atoms with E-state index in [-0.39, 0.29) is 5.91 Å². The van der Waals surface area contributed by atoms with Crippen molar-refractivity contribution in [2.24, 2.45) is 0 Å². The Morgan fingerprint density at radius 3 is 2.33 bits per heavy atom. The standard InChI is InChI=1S/C24H28N2O6S/c1-2-3-5-10-23(28)26-21-13-11-20(12-14-21)22(27)18-32-24(29)17-25-33(30,31)16-15-19-8-6-4-7-9-19/h4,6-9,11-16,25H,2-3,5,10,17-18H2,1H3,(H,26,28)/b16-15+. The van der Waals surface area contributed by atoms with E-state index in [2.05, 4.69) is 17.0 Å². The number of sulfonamides is 1. The second-order valence-electron chi connectivity index (χ2n) is 7.25. The number of hydrogen-bond donors (Lipinski definition) is 2. The van der Waals surface area contributed by atoms with Crippen molar-refractivity contribution in [1.29, 1.82) is 0 Å². The number of anilines is 1. The number of nitrogens with one attached hydrogen (secondary N) is 2. The van der Waals surface area contributed by atoms with Crippen LogP contribution in [0.5, 0.6) is 0 Å². The summed E-state index contributed by atoms with van der Waals surface area (Å²) < 4.78 is 30.8. The van der Waals surface area contributed by atoms with Gasteiger partial charge in [0.05, 0.1) is 0 Å². The van der Waals surface area contributed by atoms with Gasteiger partial charge in [0.1, 0.15) is 6.54 Å². The molecule has 0 spiro atoms. The molecule has 0 bridgehead atoms. The quantitative estimate of drug-likeness (QED) is 0.262. The van der Waals surface area contributed by atoms with Crippen molar-refractivity contribution in [2.45, 2.75) is 32.6 Å². The smallest absolute Gasteiger partial charge is 0.321 e. The molecule has 0 heterocycles. The first-order valence-corrected chi connectivity index (χ1v) is 12.2. The molecule has 0 fully saturated rings. The topological polar surface area (TPSA) is 119 Å². The largest absolute Gasteiger partial charge is 0.456 e. The van der Waals surface area contributed by atoms with Gasteiger partial charge >= 0.3 is 5.97 Å². The third kappa shape index (κ3) is 10.2. The van der Waals surface area contributed by atoms with E-state index in [1.807, 2.05) is 6.07 Å². The number of Topliss-reactive ketones (excluding diaryl/α,β-unsaturated/α-hetero) is 1. The van der Waals surface area contributed by atoms with Gasteiger partial charge in [-0.1, -0.05) is 50.1 Å². The summed E-state index contributed by atoms with van der Waals surface area (Å²) >= 11 is 0. The zero-order valence-corrected chi connectivity index (χ0v) is 19.3. The molecule has 2 N–H and O–H groups in total. The molecule has 33 heavy (non-hydrogen) atoms. The lowest BCUT2D eigenvalue weighted by Crippen LogP contribution is -2.30. The third-order valence-corrected chi connectivity index (χ3v) is 5.56. The Kier molecular flexibility index (Phi) is 10.5. The Labute approximate surface area is 194 Å². The van der Waals surface area contributed by atoms with E-state index in [1.54, 1.807) is 36.4 Å². The number of carbonyl (C=O) groups excluding carboxylic acids is 3. The van der Waals surface area contributed by atoms with Gasteiger partial charge in [0.25, 0.3) is 0 Å². The molecular weight excluding hydrogens is 444 g/mol. The van der Waals surface area contributed by atoms with Crippen molar-refractivity contribution < 1.29 is 27.5 Å². The van der Waals surface area contributed by atoms with E-state index in [4.69, 9.17) is 4.74 Å². The highest BCUT2D eigenvalue weighted by atomic mass is 32.2. The summed E-state index contributed by atoms with van der Waals surface area (Å²) in [7, 11) is -3.84. The van der Waals surface area contributed by atoms with Crippen LogP contribution in [0.1, 0.15) is 48.5 Å². The fourth-order valence-corrected chi connectivity index (χ4v) is 3.47. The highest BCUT2D eigenvalue weighted by molar-refractivity contribution is 7.92. The van der Waals surface area contributed by atoms with Crippen LogP contribution in [0.15, 0.2) is 60.0 Å². The first-order valence-electron chi connectivity index (χ1n) is 10.6. The number of esters is 1. The summed E-state index contributed by atoms with van der Waals surface area (Å²) in [6.07, 6.45) is 4.69. The maximum absolute atomic E-state index is 12.2. The minimum absolute atomic E-state index is 0.0856. The molecule has 2 aromatic rings. The molecule has 9 heteroatoms. The molecule has 0 saturated carbocycles. The number of carbonyl (C=O) groups is 3. The zero-order chi connectivity index (χ0) is 24.1. The highest BCUT2D eigenvalue weighted by Gasteiger charge is 2.13. The minimum Gasteiger partial charge on any atom is -0.456 e. The molecule has 2 rings (SSSR count). The van der Waals surface area contributed by atoms with E-state index in [1.165, 1.54) is 18.2 Å². The fraction of sp³-hybridized carbons (Fsp3) is 0.292. The van der Waals surface area contributed by atoms with Crippen molar-refractivity contribution in [3.63, 3.8) is 0 Å². The molecule has 0 saturated heterocycles. The average molecular weight is 473 g/mol. The SMILES string of the molecule is CCCCCC(=O)Nc1ccc(C(=O)COC(=O)CNS(=O)(=O)/C=C/c2ccccc2)cc1. The summed E-state index contributed by atoms with van der Waals surface area (Å²) in [5, 5.41) is 3.71. The number of benzene rings is 2. The van der Waals surface area contributed by atoms with Gasteiger partial charge < -0.3 is 10.1 Å². The molecule has 0 radical (unpaired) electrons. The first-order chi connectivity index (χ1) is 15.8. The van der Waals surface area contributed by atoms with Gasteiger partial charge in [0.15, 0.2) is 12.4 Å². The minimum atomic E-state index is -3.84. The Bertz CT molecular complexity index is 1060. The predicted octanol–water partition coefficient (Wildman–Crippen LogP) is 3.52. The van der Waals surface area contributed by atoms with Crippen LogP contribution in [-0.2, 0) is 24.3 Å². The molecule has 0 unspecified atom stereocenters. The van der Waals surface area contributed by atoms with Gasteiger partial charge in [-0.05, 0) is 42.3 Å². The van der Waals surface area contributed by atoms with Crippen molar-refractivity contribution in [1.82, 2.24) is 4.72 Å². The molecule has 1 amide bonds.